The van der Waals surface area contributed by atoms with Crippen molar-refractivity contribution in [3.05, 3.63) is 28.5 Å². The molecular formula is C14H19BrN2O2. The number of carbonyl (C=O) groups is 1. The molecule has 0 saturated carbocycles. The van der Waals surface area contributed by atoms with Gasteiger partial charge in [0.25, 0.3) is 5.91 Å². The van der Waals surface area contributed by atoms with E-state index >= 15 is 0 Å². The van der Waals surface area contributed by atoms with Crippen molar-refractivity contribution >= 4 is 21.8 Å². The van der Waals surface area contributed by atoms with Crippen LogP contribution in [0.2, 0.25) is 0 Å². The van der Waals surface area contributed by atoms with Crippen molar-refractivity contribution in [1.29, 1.82) is 0 Å². The van der Waals surface area contributed by atoms with Crippen LogP contribution in [0.1, 0.15) is 36.7 Å². The number of carbonyl (C=O) groups excluding carboxylic acids is 1. The van der Waals surface area contributed by atoms with Gasteiger partial charge in [0, 0.05) is 23.8 Å². The summed E-state index contributed by atoms with van der Waals surface area (Å²) >= 11 is 3.33. The lowest BCUT2D eigenvalue weighted by molar-refractivity contribution is 0.00109. The second-order valence-corrected chi connectivity index (χ2v) is 5.80. The van der Waals surface area contributed by atoms with Gasteiger partial charge in [-0.15, -0.1) is 0 Å². The van der Waals surface area contributed by atoms with E-state index in [9.17, 15) is 4.79 Å². The maximum Gasteiger partial charge on any atom is 0.271 e. The Balaban J connectivity index is 1.76. The van der Waals surface area contributed by atoms with Gasteiger partial charge in [-0.05, 0) is 60.2 Å². The lowest BCUT2D eigenvalue weighted by Gasteiger charge is -2.27. The third-order valence-corrected chi connectivity index (χ3v) is 4.05. The van der Waals surface area contributed by atoms with Crippen molar-refractivity contribution in [2.45, 2.75) is 32.3 Å². The molecule has 1 amide bonds. The molecule has 0 aromatic carbocycles. The first kappa shape index (κ1) is 14.5. The Bertz CT molecular complexity index is 439. The molecule has 2 rings (SSSR count). The van der Waals surface area contributed by atoms with Crippen molar-refractivity contribution in [3.63, 3.8) is 0 Å². The molecule has 1 N–H and O–H groups in total. The number of ether oxygens (including phenoxy) is 1. The highest BCUT2D eigenvalue weighted by molar-refractivity contribution is 9.10. The van der Waals surface area contributed by atoms with E-state index in [-0.39, 0.29) is 5.91 Å². The molecule has 1 aliphatic heterocycles. The second-order valence-electron chi connectivity index (χ2n) is 4.95. The molecule has 2 unspecified atom stereocenters. The maximum atomic E-state index is 11.9. The van der Waals surface area contributed by atoms with Gasteiger partial charge < -0.3 is 10.1 Å². The first-order chi connectivity index (χ1) is 9.16. The Kier molecular flexibility index (Phi) is 5.34. The van der Waals surface area contributed by atoms with Crippen LogP contribution in [0.4, 0.5) is 0 Å². The minimum absolute atomic E-state index is 0.118. The summed E-state index contributed by atoms with van der Waals surface area (Å²) in [5.74, 6) is 0.531. The quantitative estimate of drug-likeness (QED) is 0.925. The highest BCUT2D eigenvalue weighted by atomic mass is 79.9. The van der Waals surface area contributed by atoms with Crippen molar-refractivity contribution < 1.29 is 9.53 Å². The van der Waals surface area contributed by atoms with Crippen molar-refractivity contribution in [1.82, 2.24) is 10.3 Å². The Hall–Kier alpha value is -0.940. The molecule has 19 heavy (non-hydrogen) atoms. The van der Waals surface area contributed by atoms with Crippen LogP contribution in [0.5, 0.6) is 0 Å². The number of nitrogens with one attached hydrogen (secondary N) is 1. The SMILES string of the molecule is CC1CC(CCNC(=O)c2ncccc2Br)CCO1. The molecule has 0 radical (unpaired) electrons. The fourth-order valence-electron chi connectivity index (χ4n) is 2.38. The van der Waals surface area contributed by atoms with Gasteiger partial charge in [0.2, 0.25) is 0 Å². The summed E-state index contributed by atoms with van der Waals surface area (Å²) in [4.78, 5) is 16.0. The summed E-state index contributed by atoms with van der Waals surface area (Å²) in [6.45, 7) is 3.64. The van der Waals surface area contributed by atoms with E-state index in [1.165, 1.54) is 0 Å². The molecule has 1 aliphatic rings. The fraction of sp³-hybridized carbons (Fsp3) is 0.571. The molecule has 1 aromatic rings. The summed E-state index contributed by atoms with van der Waals surface area (Å²) in [5.41, 5.74) is 0.447. The lowest BCUT2D eigenvalue weighted by Crippen LogP contribution is -2.30. The maximum absolute atomic E-state index is 11.9. The first-order valence-electron chi connectivity index (χ1n) is 6.67. The van der Waals surface area contributed by atoms with Crippen LogP contribution in [0.25, 0.3) is 0 Å². The lowest BCUT2D eigenvalue weighted by atomic mass is 9.93. The first-order valence-corrected chi connectivity index (χ1v) is 7.46. The van der Waals surface area contributed by atoms with Crippen molar-refractivity contribution in [2.24, 2.45) is 5.92 Å². The summed E-state index contributed by atoms with van der Waals surface area (Å²) in [6.07, 6.45) is 5.15. The van der Waals surface area contributed by atoms with E-state index in [0.29, 0.717) is 24.3 Å². The monoisotopic (exact) mass is 326 g/mol. The van der Waals surface area contributed by atoms with Gasteiger partial charge >= 0.3 is 0 Å². The Morgan fingerprint density at radius 3 is 3.21 bits per heavy atom. The predicted molar refractivity (Wildman–Crippen MR) is 77.0 cm³/mol. The van der Waals surface area contributed by atoms with Gasteiger partial charge in [0.15, 0.2) is 0 Å². The third-order valence-electron chi connectivity index (χ3n) is 3.41. The fourth-order valence-corrected chi connectivity index (χ4v) is 2.81. The minimum atomic E-state index is -0.118. The number of aromatic nitrogens is 1. The van der Waals surface area contributed by atoms with E-state index in [2.05, 4.69) is 33.2 Å². The standard InChI is InChI=1S/C14H19BrN2O2/c1-10-9-11(5-8-19-10)4-7-17-14(18)13-12(15)3-2-6-16-13/h2-3,6,10-11H,4-5,7-9H2,1H3,(H,17,18). The Morgan fingerprint density at radius 1 is 1.63 bits per heavy atom. The van der Waals surface area contributed by atoms with Gasteiger partial charge in [0.05, 0.1) is 6.10 Å². The highest BCUT2D eigenvalue weighted by Crippen LogP contribution is 2.22. The second kappa shape index (κ2) is 7.01. The molecule has 2 heterocycles. The van der Waals surface area contributed by atoms with Crippen LogP contribution < -0.4 is 5.32 Å². The number of hydrogen-bond donors (Lipinski definition) is 1. The van der Waals surface area contributed by atoms with Crippen LogP contribution in [0.3, 0.4) is 0 Å². The van der Waals surface area contributed by atoms with Gasteiger partial charge in [0.1, 0.15) is 5.69 Å². The summed E-state index contributed by atoms with van der Waals surface area (Å²) in [7, 11) is 0. The molecule has 0 spiro atoms. The number of nitrogens with zero attached hydrogens (tertiary/aromatic N) is 1. The topological polar surface area (TPSA) is 51.2 Å². The summed E-state index contributed by atoms with van der Waals surface area (Å²) < 4.78 is 6.25. The van der Waals surface area contributed by atoms with Gasteiger partial charge in [-0.3, -0.25) is 4.79 Å². The molecular weight excluding hydrogens is 308 g/mol. The number of pyridine rings is 1. The van der Waals surface area contributed by atoms with Gasteiger partial charge in [-0.2, -0.15) is 0 Å². The molecule has 1 fully saturated rings. The minimum Gasteiger partial charge on any atom is -0.378 e. The molecule has 5 heteroatoms. The normalized spacial score (nSPS) is 23.1. The zero-order valence-corrected chi connectivity index (χ0v) is 12.6. The van der Waals surface area contributed by atoms with Crippen LogP contribution in [0.15, 0.2) is 22.8 Å². The molecule has 4 nitrogen and oxygen atoms in total. The summed E-state index contributed by atoms with van der Waals surface area (Å²) in [6, 6.07) is 3.62. The van der Waals surface area contributed by atoms with Crippen LogP contribution >= 0.6 is 15.9 Å². The van der Waals surface area contributed by atoms with Crippen molar-refractivity contribution in [2.75, 3.05) is 13.2 Å². The number of halogens is 1. The van der Waals surface area contributed by atoms with Gasteiger partial charge in [-0.1, -0.05) is 0 Å². The number of rotatable bonds is 4. The average molecular weight is 327 g/mol. The number of hydrogen-bond acceptors (Lipinski definition) is 3. The predicted octanol–water partition coefficient (Wildman–Crippen LogP) is 2.78. The average Bonchev–Trinajstić information content (AvgIpc) is 2.39. The van der Waals surface area contributed by atoms with E-state index in [4.69, 9.17) is 4.74 Å². The molecule has 0 bridgehead atoms. The van der Waals surface area contributed by atoms with Crippen molar-refractivity contribution in [3.8, 4) is 0 Å². The van der Waals surface area contributed by atoms with Gasteiger partial charge in [-0.25, -0.2) is 4.98 Å². The zero-order valence-electron chi connectivity index (χ0n) is 11.1. The van der Waals surface area contributed by atoms with E-state index < -0.39 is 0 Å². The van der Waals surface area contributed by atoms with Crippen LogP contribution in [-0.4, -0.2) is 30.1 Å². The highest BCUT2D eigenvalue weighted by Gasteiger charge is 2.19. The molecule has 1 aromatic heterocycles. The molecule has 1 saturated heterocycles. The molecule has 0 aliphatic carbocycles. The van der Waals surface area contributed by atoms with E-state index in [1.54, 1.807) is 12.3 Å². The van der Waals surface area contributed by atoms with E-state index in [0.717, 1.165) is 30.3 Å². The Labute approximate surface area is 122 Å². The molecule has 104 valence electrons. The van der Waals surface area contributed by atoms with Crippen LogP contribution in [0, 0.1) is 5.92 Å². The summed E-state index contributed by atoms with van der Waals surface area (Å²) in [5, 5.41) is 2.93. The Morgan fingerprint density at radius 2 is 2.47 bits per heavy atom. The van der Waals surface area contributed by atoms with E-state index in [1.807, 2.05) is 6.07 Å². The third kappa shape index (κ3) is 4.28. The smallest absolute Gasteiger partial charge is 0.271 e. The zero-order chi connectivity index (χ0) is 13.7. The largest absolute Gasteiger partial charge is 0.378 e. The molecule has 2 atom stereocenters. The number of amides is 1. The van der Waals surface area contributed by atoms with Crippen LogP contribution in [-0.2, 0) is 4.74 Å².